The van der Waals surface area contributed by atoms with Crippen molar-refractivity contribution >= 4 is 17.7 Å². The van der Waals surface area contributed by atoms with E-state index in [4.69, 9.17) is 20.4 Å². The number of hydrogen-bond acceptors (Lipinski definition) is 5. The highest BCUT2D eigenvalue weighted by Gasteiger charge is 2.32. The zero-order valence-corrected chi connectivity index (χ0v) is 7.08. The van der Waals surface area contributed by atoms with Crippen molar-refractivity contribution < 1.29 is 34.8 Å². The van der Waals surface area contributed by atoms with E-state index in [2.05, 4.69) is 0 Å². The van der Waals surface area contributed by atoms with Gasteiger partial charge in [0.25, 0.3) is 0 Å². The maximum atomic E-state index is 11.0. The summed E-state index contributed by atoms with van der Waals surface area (Å²) < 4.78 is 0. The Morgan fingerprint density at radius 3 is 1.93 bits per heavy atom. The zero-order valence-electron chi connectivity index (χ0n) is 7.08. The number of carbonyl (C=O) groups excluding carboxylic acids is 1. The average molecular weight is 206 g/mol. The van der Waals surface area contributed by atoms with Crippen LogP contribution >= 0.6 is 0 Å². The van der Waals surface area contributed by atoms with Gasteiger partial charge in [-0.2, -0.15) is 0 Å². The lowest BCUT2D eigenvalue weighted by Crippen LogP contribution is -2.36. The first-order valence-corrected chi connectivity index (χ1v) is 3.67. The summed E-state index contributed by atoms with van der Waals surface area (Å²) >= 11 is 0. The molecule has 0 aliphatic rings. The molecule has 0 heterocycles. The smallest absolute Gasteiger partial charge is 0.314 e. The molecule has 4 N–H and O–H groups in total. The molecule has 80 valence electrons. The molecule has 7 nitrogen and oxygen atoms in total. The second-order valence-corrected chi connectivity index (χ2v) is 2.59. The largest absolute Gasteiger partial charge is 0.481 e. The Morgan fingerprint density at radius 1 is 1.14 bits per heavy atom. The number of Topliss-reactive ketones (excluding diaryl/α,β-unsaturated/α-hetero) is 1. The summed E-state index contributed by atoms with van der Waals surface area (Å²) in [4.78, 5) is 31.6. The minimum absolute atomic E-state index is 0.911. The van der Waals surface area contributed by atoms with E-state index < -0.39 is 42.8 Å². The van der Waals surface area contributed by atoms with E-state index in [1.54, 1.807) is 0 Å². The number of aliphatic hydroxyl groups excluding tert-OH is 2. The van der Waals surface area contributed by atoms with Crippen LogP contribution in [0.2, 0.25) is 0 Å². The molecule has 0 fully saturated rings. The fourth-order valence-corrected chi connectivity index (χ4v) is 0.806. The molecule has 0 saturated carbocycles. The number of carbonyl (C=O) groups is 3. The molecule has 2 unspecified atom stereocenters. The predicted molar refractivity (Wildman–Crippen MR) is 41.5 cm³/mol. The number of ketones is 1. The van der Waals surface area contributed by atoms with Crippen LogP contribution in [0.3, 0.4) is 0 Å². The highest BCUT2D eigenvalue weighted by atomic mass is 16.4. The normalized spacial score (nSPS) is 14.4. The number of aliphatic hydroxyl groups is 2. The lowest BCUT2D eigenvalue weighted by atomic mass is 9.97. The Hall–Kier alpha value is -1.47. The third kappa shape index (κ3) is 3.50. The van der Waals surface area contributed by atoms with E-state index in [1.807, 2.05) is 0 Å². The molecule has 0 spiro atoms. The third-order valence-corrected chi connectivity index (χ3v) is 1.52. The Labute approximate surface area is 78.6 Å². The third-order valence-electron chi connectivity index (χ3n) is 1.52. The second-order valence-electron chi connectivity index (χ2n) is 2.59. The van der Waals surface area contributed by atoms with Gasteiger partial charge in [0.1, 0.15) is 12.0 Å². The van der Waals surface area contributed by atoms with Crippen LogP contribution in [0.25, 0.3) is 0 Å². The van der Waals surface area contributed by atoms with Gasteiger partial charge in [-0.25, -0.2) is 0 Å². The first kappa shape index (κ1) is 12.5. The van der Waals surface area contributed by atoms with Crippen LogP contribution in [-0.4, -0.2) is 50.9 Å². The number of carboxylic acid groups (broad SMARTS) is 2. The fraction of sp³-hybridized carbons (Fsp3) is 0.571. The molecule has 0 aliphatic heterocycles. The van der Waals surface area contributed by atoms with Crippen LogP contribution in [0.1, 0.15) is 6.42 Å². The highest BCUT2D eigenvalue weighted by Crippen LogP contribution is 2.08. The van der Waals surface area contributed by atoms with Crippen molar-refractivity contribution in [1.29, 1.82) is 0 Å². The first-order valence-electron chi connectivity index (χ1n) is 3.67. The molecule has 0 saturated heterocycles. The van der Waals surface area contributed by atoms with E-state index in [1.165, 1.54) is 0 Å². The molecule has 0 rings (SSSR count). The summed E-state index contributed by atoms with van der Waals surface area (Å²) in [5.41, 5.74) is 0. The quantitative estimate of drug-likeness (QED) is 0.372. The van der Waals surface area contributed by atoms with E-state index in [9.17, 15) is 14.4 Å². The summed E-state index contributed by atoms with van der Waals surface area (Å²) in [6.07, 6.45) is -2.76. The summed E-state index contributed by atoms with van der Waals surface area (Å²) in [5, 5.41) is 33.9. The molecular weight excluding hydrogens is 196 g/mol. The van der Waals surface area contributed by atoms with Gasteiger partial charge in [0.15, 0.2) is 5.78 Å². The molecular formula is C7H10O7. The van der Waals surface area contributed by atoms with Gasteiger partial charge in [0.05, 0.1) is 13.0 Å². The van der Waals surface area contributed by atoms with Crippen molar-refractivity contribution in [2.45, 2.75) is 12.5 Å². The monoisotopic (exact) mass is 206 g/mol. The number of carboxylic acids is 2. The van der Waals surface area contributed by atoms with Gasteiger partial charge < -0.3 is 20.4 Å². The average Bonchev–Trinajstić information content (AvgIpc) is 2.11. The second kappa shape index (κ2) is 5.30. The van der Waals surface area contributed by atoms with Crippen LogP contribution < -0.4 is 0 Å². The molecule has 0 bridgehead atoms. The zero-order chi connectivity index (χ0) is 11.3. The summed E-state index contributed by atoms with van der Waals surface area (Å²) in [6, 6.07) is 0. The van der Waals surface area contributed by atoms with Crippen LogP contribution in [0, 0.1) is 5.92 Å². The molecule has 7 heteroatoms. The molecule has 14 heavy (non-hydrogen) atoms. The van der Waals surface area contributed by atoms with Gasteiger partial charge in [-0.05, 0) is 0 Å². The summed E-state index contributed by atoms with van der Waals surface area (Å²) in [7, 11) is 0. The van der Waals surface area contributed by atoms with Crippen LogP contribution in [0.4, 0.5) is 0 Å². The number of rotatable bonds is 6. The SMILES string of the molecule is O=C(O)CC(C(=O)O)C(=O)C(O)CO. The molecule has 2 atom stereocenters. The summed E-state index contributed by atoms with van der Waals surface area (Å²) in [6.45, 7) is -0.928. The standard InChI is InChI=1S/C7H10O7/c8-2-4(9)6(12)3(7(13)14)1-5(10)11/h3-4,8-9H,1-2H2,(H,10,11)(H,13,14). The van der Waals surface area contributed by atoms with Gasteiger partial charge >= 0.3 is 11.9 Å². The van der Waals surface area contributed by atoms with E-state index >= 15 is 0 Å². The predicted octanol–water partition coefficient (Wildman–Crippen LogP) is -1.92. The van der Waals surface area contributed by atoms with E-state index in [0.29, 0.717) is 0 Å². The molecule has 0 aromatic rings. The van der Waals surface area contributed by atoms with Crippen molar-refractivity contribution in [2.75, 3.05) is 6.61 Å². The van der Waals surface area contributed by atoms with Crippen molar-refractivity contribution in [1.82, 2.24) is 0 Å². The minimum atomic E-state index is -1.85. The molecule has 0 amide bonds. The van der Waals surface area contributed by atoms with Crippen LogP contribution in [0.5, 0.6) is 0 Å². The van der Waals surface area contributed by atoms with Crippen LogP contribution in [0.15, 0.2) is 0 Å². The maximum Gasteiger partial charge on any atom is 0.314 e. The number of aliphatic carboxylic acids is 2. The number of hydrogen-bond donors (Lipinski definition) is 4. The Kier molecular flexibility index (Phi) is 4.74. The van der Waals surface area contributed by atoms with Gasteiger partial charge in [0.2, 0.25) is 0 Å². The van der Waals surface area contributed by atoms with Crippen LogP contribution in [-0.2, 0) is 14.4 Å². The van der Waals surface area contributed by atoms with Crippen molar-refractivity contribution in [3.05, 3.63) is 0 Å². The van der Waals surface area contributed by atoms with Gasteiger partial charge in [-0.1, -0.05) is 0 Å². The Morgan fingerprint density at radius 2 is 1.64 bits per heavy atom. The molecule has 0 aliphatic carbocycles. The Balaban J connectivity index is 4.57. The van der Waals surface area contributed by atoms with Crippen molar-refractivity contribution in [3.8, 4) is 0 Å². The molecule has 0 aromatic heterocycles. The lowest BCUT2D eigenvalue weighted by Gasteiger charge is -2.11. The van der Waals surface area contributed by atoms with Gasteiger partial charge in [-0.15, -0.1) is 0 Å². The molecule has 0 aromatic carbocycles. The fourth-order valence-electron chi connectivity index (χ4n) is 0.806. The van der Waals surface area contributed by atoms with Crippen molar-refractivity contribution in [3.63, 3.8) is 0 Å². The lowest BCUT2D eigenvalue weighted by molar-refractivity contribution is -0.155. The van der Waals surface area contributed by atoms with Gasteiger partial charge in [-0.3, -0.25) is 14.4 Å². The first-order chi connectivity index (χ1) is 6.40. The topological polar surface area (TPSA) is 132 Å². The Bertz CT molecular complexity index is 246. The summed E-state index contributed by atoms with van der Waals surface area (Å²) in [5.74, 6) is -6.13. The van der Waals surface area contributed by atoms with E-state index in [0.717, 1.165) is 0 Å². The van der Waals surface area contributed by atoms with Crippen molar-refractivity contribution in [2.24, 2.45) is 5.92 Å². The maximum absolute atomic E-state index is 11.0. The van der Waals surface area contributed by atoms with E-state index in [-0.39, 0.29) is 0 Å². The van der Waals surface area contributed by atoms with Gasteiger partial charge in [0, 0.05) is 0 Å². The molecule has 0 radical (unpaired) electrons. The minimum Gasteiger partial charge on any atom is -0.481 e. The highest BCUT2D eigenvalue weighted by molar-refractivity contribution is 6.02.